The lowest BCUT2D eigenvalue weighted by atomic mass is 10.1. The Morgan fingerprint density at radius 1 is 0.815 bits per heavy atom. The van der Waals surface area contributed by atoms with Gasteiger partial charge in [-0.25, -0.2) is 9.07 Å². The molecule has 0 aliphatic carbocycles. The van der Waals surface area contributed by atoms with Gasteiger partial charge in [-0.3, -0.25) is 4.98 Å². The van der Waals surface area contributed by atoms with E-state index >= 15 is 0 Å². The van der Waals surface area contributed by atoms with Crippen molar-refractivity contribution in [3.8, 4) is 16.9 Å². The fourth-order valence-corrected chi connectivity index (χ4v) is 3.59. The van der Waals surface area contributed by atoms with Crippen LogP contribution in [0.15, 0.2) is 83.5 Å². The SMILES string of the molecule is Fc1ccc(-n2nc(-c3ccc(Br)cc3)c3cnc4ccccc4c32)cc1. The molecule has 0 aliphatic rings. The van der Waals surface area contributed by atoms with Crippen molar-refractivity contribution in [1.29, 1.82) is 0 Å². The van der Waals surface area contributed by atoms with Crippen molar-refractivity contribution in [3.63, 3.8) is 0 Å². The number of pyridine rings is 1. The molecule has 5 aromatic rings. The summed E-state index contributed by atoms with van der Waals surface area (Å²) in [4.78, 5) is 4.61. The van der Waals surface area contributed by atoms with Crippen LogP contribution in [0, 0.1) is 5.82 Å². The summed E-state index contributed by atoms with van der Waals surface area (Å²) in [6.45, 7) is 0. The van der Waals surface area contributed by atoms with Crippen molar-refractivity contribution >= 4 is 37.7 Å². The normalized spacial score (nSPS) is 11.3. The molecule has 27 heavy (non-hydrogen) atoms. The van der Waals surface area contributed by atoms with Crippen molar-refractivity contribution < 1.29 is 4.39 Å². The van der Waals surface area contributed by atoms with E-state index in [0.29, 0.717) is 0 Å². The Labute approximate surface area is 163 Å². The number of hydrogen-bond acceptors (Lipinski definition) is 2. The number of benzene rings is 3. The molecule has 0 saturated carbocycles. The maximum absolute atomic E-state index is 13.4. The third-order valence-electron chi connectivity index (χ3n) is 4.60. The molecule has 0 fully saturated rings. The van der Waals surface area contributed by atoms with Crippen molar-refractivity contribution in [2.75, 3.05) is 0 Å². The summed E-state index contributed by atoms with van der Waals surface area (Å²) in [6, 6.07) is 22.4. The Bertz CT molecular complexity index is 1280. The first-order chi connectivity index (χ1) is 13.2. The Hall–Kier alpha value is -3.05. The number of para-hydroxylation sites is 1. The topological polar surface area (TPSA) is 30.7 Å². The summed E-state index contributed by atoms with van der Waals surface area (Å²) in [7, 11) is 0. The van der Waals surface area contributed by atoms with E-state index < -0.39 is 0 Å². The summed E-state index contributed by atoms with van der Waals surface area (Å²) in [6.07, 6.45) is 1.86. The van der Waals surface area contributed by atoms with Crippen molar-refractivity contribution in [1.82, 2.24) is 14.8 Å². The molecule has 0 unspecified atom stereocenters. The quantitative estimate of drug-likeness (QED) is 0.345. The molecule has 0 aliphatic heterocycles. The summed E-state index contributed by atoms with van der Waals surface area (Å²) in [5, 5.41) is 6.85. The predicted molar refractivity (Wildman–Crippen MR) is 109 cm³/mol. The maximum Gasteiger partial charge on any atom is 0.123 e. The highest BCUT2D eigenvalue weighted by Crippen LogP contribution is 2.34. The van der Waals surface area contributed by atoms with Crippen molar-refractivity contribution in [2.24, 2.45) is 0 Å². The molecular weight excluding hydrogens is 405 g/mol. The standard InChI is InChI=1S/C22H13BrFN3/c23-15-7-5-14(6-8-15)21-19-13-25-20-4-2-1-3-18(20)22(19)27(26-21)17-11-9-16(24)10-12-17/h1-13H. The second-order valence-electron chi connectivity index (χ2n) is 6.28. The number of halogens is 2. The van der Waals surface area contributed by atoms with Gasteiger partial charge in [0.05, 0.1) is 16.7 Å². The van der Waals surface area contributed by atoms with Gasteiger partial charge in [-0.2, -0.15) is 5.10 Å². The minimum absolute atomic E-state index is 0.269. The van der Waals surface area contributed by atoms with Crippen molar-refractivity contribution in [2.45, 2.75) is 0 Å². The zero-order valence-electron chi connectivity index (χ0n) is 14.1. The van der Waals surface area contributed by atoms with Gasteiger partial charge < -0.3 is 0 Å². The second kappa shape index (κ2) is 6.28. The summed E-state index contributed by atoms with van der Waals surface area (Å²) in [5.41, 5.74) is 4.52. The molecule has 3 nitrogen and oxygen atoms in total. The molecule has 3 aromatic carbocycles. The van der Waals surface area contributed by atoms with Crippen LogP contribution in [-0.4, -0.2) is 14.8 Å². The average Bonchev–Trinajstić information content (AvgIpc) is 3.09. The molecule has 0 atom stereocenters. The number of hydrogen-bond donors (Lipinski definition) is 0. The Kier molecular flexibility index (Phi) is 3.76. The van der Waals surface area contributed by atoms with E-state index in [-0.39, 0.29) is 5.82 Å². The van der Waals surface area contributed by atoms with Crippen LogP contribution in [0.5, 0.6) is 0 Å². The Morgan fingerprint density at radius 3 is 2.33 bits per heavy atom. The first-order valence-electron chi connectivity index (χ1n) is 8.49. The second-order valence-corrected chi connectivity index (χ2v) is 7.20. The molecule has 0 N–H and O–H groups in total. The summed E-state index contributed by atoms with van der Waals surface area (Å²) < 4.78 is 16.3. The number of nitrogens with zero attached hydrogens (tertiary/aromatic N) is 3. The molecule has 5 rings (SSSR count). The van der Waals surface area contributed by atoms with Crippen molar-refractivity contribution in [3.05, 3.63) is 89.3 Å². The van der Waals surface area contributed by atoms with Crippen LogP contribution in [0.25, 0.3) is 38.8 Å². The predicted octanol–water partition coefficient (Wildman–Crippen LogP) is 6.14. The molecule has 2 heterocycles. The van der Waals surface area contributed by atoms with Gasteiger partial charge in [-0.05, 0) is 42.5 Å². The Morgan fingerprint density at radius 2 is 1.56 bits per heavy atom. The summed E-state index contributed by atoms with van der Waals surface area (Å²) >= 11 is 3.48. The van der Waals surface area contributed by atoms with E-state index in [9.17, 15) is 4.39 Å². The molecule has 0 bridgehead atoms. The number of rotatable bonds is 2. The molecule has 130 valence electrons. The largest absolute Gasteiger partial charge is 0.255 e. The maximum atomic E-state index is 13.4. The van der Waals surface area contributed by atoms with Crippen LogP contribution in [-0.2, 0) is 0 Å². The lowest BCUT2D eigenvalue weighted by Crippen LogP contribution is -1.97. The highest BCUT2D eigenvalue weighted by molar-refractivity contribution is 9.10. The fraction of sp³-hybridized carbons (Fsp3) is 0. The van der Waals surface area contributed by atoms with Crippen LogP contribution in [0.4, 0.5) is 4.39 Å². The molecule has 0 spiro atoms. The zero-order chi connectivity index (χ0) is 18.4. The Balaban J connectivity index is 1.88. The first kappa shape index (κ1) is 16.1. The lowest BCUT2D eigenvalue weighted by Gasteiger charge is -2.05. The van der Waals surface area contributed by atoms with E-state index in [1.54, 1.807) is 12.1 Å². The highest BCUT2D eigenvalue weighted by atomic mass is 79.9. The number of aromatic nitrogens is 3. The van der Waals surface area contributed by atoms with Gasteiger partial charge in [0.15, 0.2) is 0 Å². The molecule has 0 amide bonds. The van der Waals surface area contributed by atoms with Gasteiger partial charge in [0, 0.05) is 27.0 Å². The van der Waals surface area contributed by atoms with Crippen LogP contribution in [0.1, 0.15) is 0 Å². The molecule has 0 saturated heterocycles. The van der Waals surface area contributed by atoms with Gasteiger partial charge in [-0.1, -0.05) is 46.3 Å². The van der Waals surface area contributed by atoms with E-state index in [4.69, 9.17) is 5.10 Å². The van der Waals surface area contributed by atoms with E-state index in [1.807, 2.05) is 59.4 Å². The molecular formula is C22H13BrFN3. The van der Waals surface area contributed by atoms with Gasteiger partial charge in [0.25, 0.3) is 0 Å². The van der Waals surface area contributed by atoms with E-state index in [2.05, 4.69) is 20.9 Å². The smallest absolute Gasteiger partial charge is 0.123 e. The van der Waals surface area contributed by atoms with Crippen LogP contribution in [0.3, 0.4) is 0 Å². The average molecular weight is 418 g/mol. The first-order valence-corrected chi connectivity index (χ1v) is 9.28. The van der Waals surface area contributed by atoms with Gasteiger partial charge in [0.2, 0.25) is 0 Å². The molecule has 0 radical (unpaired) electrons. The minimum atomic E-state index is -0.269. The summed E-state index contributed by atoms with van der Waals surface area (Å²) in [5.74, 6) is -0.269. The molecule has 2 aromatic heterocycles. The van der Waals surface area contributed by atoms with Gasteiger partial charge in [0.1, 0.15) is 11.5 Å². The van der Waals surface area contributed by atoms with Crippen LogP contribution in [0.2, 0.25) is 0 Å². The third kappa shape index (κ3) is 2.71. The van der Waals surface area contributed by atoms with Crippen LogP contribution >= 0.6 is 15.9 Å². The third-order valence-corrected chi connectivity index (χ3v) is 5.13. The molecule has 5 heteroatoms. The minimum Gasteiger partial charge on any atom is -0.255 e. The van der Waals surface area contributed by atoms with Crippen LogP contribution < -0.4 is 0 Å². The van der Waals surface area contributed by atoms with E-state index in [1.165, 1.54) is 12.1 Å². The lowest BCUT2D eigenvalue weighted by molar-refractivity contribution is 0.627. The highest BCUT2D eigenvalue weighted by Gasteiger charge is 2.17. The fourth-order valence-electron chi connectivity index (χ4n) is 3.32. The van der Waals surface area contributed by atoms with E-state index in [0.717, 1.165) is 43.2 Å². The number of fused-ring (bicyclic) bond motifs is 3. The van der Waals surface area contributed by atoms with Gasteiger partial charge >= 0.3 is 0 Å². The van der Waals surface area contributed by atoms with Gasteiger partial charge in [-0.15, -0.1) is 0 Å². The monoisotopic (exact) mass is 417 g/mol. The zero-order valence-corrected chi connectivity index (χ0v) is 15.7.